The van der Waals surface area contributed by atoms with Crippen LogP contribution < -0.4 is 4.74 Å². The first-order chi connectivity index (χ1) is 6.40. The molecular weight excluding hydrogens is 184 g/mol. The number of para-hydroxylation sites is 1. The van der Waals surface area contributed by atoms with E-state index in [1.807, 2.05) is 36.4 Å². The summed E-state index contributed by atoms with van der Waals surface area (Å²) in [7, 11) is 0. The highest BCUT2D eigenvalue weighted by Crippen LogP contribution is 2.23. The Bertz CT molecular complexity index is 366. The first kappa shape index (κ1) is 8.39. The highest BCUT2D eigenvalue weighted by molar-refractivity contribution is 6.25. The SMILES string of the molecule is Cl/C=C1/C=Cc2ccccc2OC1. The minimum absolute atomic E-state index is 0.539. The summed E-state index contributed by atoms with van der Waals surface area (Å²) in [5.74, 6) is 0.910. The molecule has 2 heteroatoms. The van der Waals surface area contributed by atoms with Crippen molar-refractivity contribution >= 4 is 17.7 Å². The van der Waals surface area contributed by atoms with E-state index in [1.54, 1.807) is 5.54 Å². The molecule has 0 bridgehead atoms. The first-order valence-corrected chi connectivity index (χ1v) is 4.53. The quantitative estimate of drug-likeness (QED) is 0.614. The van der Waals surface area contributed by atoms with Crippen LogP contribution in [-0.4, -0.2) is 6.61 Å². The summed E-state index contributed by atoms with van der Waals surface area (Å²) in [6.07, 6.45) is 3.98. The summed E-state index contributed by atoms with van der Waals surface area (Å²) in [5.41, 5.74) is 3.62. The van der Waals surface area contributed by atoms with Gasteiger partial charge in [0.05, 0.1) is 0 Å². The van der Waals surface area contributed by atoms with E-state index < -0.39 is 0 Å². The van der Waals surface area contributed by atoms with Crippen LogP contribution in [0, 0.1) is 0 Å². The molecule has 2 rings (SSSR count). The Balaban J connectivity index is 2.39. The standard InChI is InChI=1S/C11H9ClO/c12-7-9-5-6-10-3-1-2-4-11(10)13-8-9/h1-7H,8H2/b9-7-. The van der Waals surface area contributed by atoms with Crippen molar-refractivity contribution in [3.05, 3.63) is 47.0 Å². The van der Waals surface area contributed by atoms with Crippen molar-refractivity contribution in [3.8, 4) is 5.75 Å². The highest BCUT2D eigenvalue weighted by atomic mass is 35.5. The Hall–Kier alpha value is -1.21. The molecule has 0 saturated carbocycles. The smallest absolute Gasteiger partial charge is 0.127 e. The molecule has 1 aromatic rings. The molecule has 1 aliphatic heterocycles. The Morgan fingerprint density at radius 2 is 2.08 bits per heavy atom. The topological polar surface area (TPSA) is 9.23 Å². The Morgan fingerprint density at radius 3 is 2.92 bits per heavy atom. The van der Waals surface area contributed by atoms with E-state index in [9.17, 15) is 0 Å². The van der Waals surface area contributed by atoms with Gasteiger partial charge in [0.1, 0.15) is 12.4 Å². The zero-order valence-corrected chi connectivity index (χ0v) is 7.79. The van der Waals surface area contributed by atoms with Gasteiger partial charge in [-0.1, -0.05) is 42.0 Å². The van der Waals surface area contributed by atoms with Crippen LogP contribution in [0.5, 0.6) is 5.75 Å². The molecular formula is C11H9ClO. The molecule has 0 N–H and O–H groups in total. The van der Waals surface area contributed by atoms with Crippen molar-refractivity contribution in [2.75, 3.05) is 6.61 Å². The molecule has 1 aliphatic rings. The molecule has 1 aromatic carbocycles. The van der Waals surface area contributed by atoms with Crippen molar-refractivity contribution < 1.29 is 4.74 Å². The molecule has 0 unspecified atom stereocenters. The van der Waals surface area contributed by atoms with Gasteiger partial charge in [-0.05, 0) is 6.07 Å². The first-order valence-electron chi connectivity index (χ1n) is 4.09. The van der Waals surface area contributed by atoms with Crippen LogP contribution in [0.25, 0.3) is 6.08 Å². The van der Waals surface area contributed by atoms with Gasteiger partial charge in [-0.25, -0.2) is 0 Å². The van der Waals surface area contributed by atoms with Gasteiger partial charge in [0.15, 0.2) is 0 Å². The molecule has 1 heterocycles. The van der Waals surface area contributed by atoms with E-state index in [1.165, 1.54) is 0 Å². The van der Waals surface area contributed by atoms with E-state index in [0.29, 0.717) is 6.61 Å². The molecule has 0 fully saturated rings. The van der Waals surface area contributed by atoms with Gasteiger partial charge in [0.25, 0.3) is 0 Å². The maximum absolute atomic E-state index is 5.60. The van der Waals surface area contributed by atoms with E-state index in [2.05, 4.69) is 0 Å². The zero-order valence-electron chi connectivity index (χ0n) is 7.03. The molecule has 0 amide bonds. The molecule has 66 valence electrons. The lowest BCUT2D eigenvalue weighted by Gasteiger charge is -2.04. The number of halogens is 1. The third-order valence-electron chi connectivity index (χ3n) is 1.93. The van der Waals surface area contributed by atoms with Crippen LogP contribution >= 0.6 is 11.6 Å². The number of benzene rings is 1. The summed E-state index contributed by atoms with van der Waals surface area (Å²) in [6, 6.07) is 7.92. The van der Waals surface area contributed by atoms with Crippen molar-refractivity contribution in [1.29, 1.82) is 0 Å². The van der Waals surface area contributed by atoms with Gasteiger partial charge in [-0.3, -0.25) is 0 Å². The van der Waals surface area contributed by atoms with Crippen LogP contribution in [0.15, 0.2) is 41.4 Å². The second-order valence-electron chi connectivity index (χ2n) is 2.84. The molecule has 1 nitrogen and oxygen atoms in total. The monoisotopic (exact) mass is 192 g/mol. The highest BCUT2D eigenvalue weighted by Gasteiger charge is 2.04. The molecule has 0 radical (unpaired) electrons. The third kappa shape index (κ3) is 1.76. The second kappa shape index (κ2) is 3.67. The van der Waals surface area contributed by atoms with Gasteiger partial charge in [0.2, 0.25) is 0 Å². The van der Waals surface area contributed by atoms with E-state index in [-0.39, 0.29) is 0 Å². The molecule has 13 heavy (non-hydrogen) atoms. The molecule has 0 spiro atoms. The summed E-state index contributed by atoms with van der Waals surface area (Å²) in [5, 5.41) is 0. The number of fused-ring (bicyclic) bond motifs is 1. The van der Waals surface area contributed by atoms with Gasteiger partial charge in [-0.15, -0.1) is 0 Å². The summed E-state index contributed by atoms with van der Waals surface area (Å²) >= 11 is 5.60. The van der Waals surface area contributed by atoms with Crippen LogP contribution in [0.2, 0.25) is 0 Å². The predicted octanol–water partition coefficient (Wildman–Crippen LogP) is 3.21. The average Bonchev–Trinajstić information content (AvgIpc) is 2.39. The largest absolute Gasteiger partial charge is 0.488 e. The molecule has 0 atom stereocenters. The van der Waals surface area contributed by atoms with Crippen molar-refractivity contribution in [2.24, 2.45) is 0 Å². The van der Waals surface area contributed by atoms with Crippen LogP contribution in [0.1, 0.15) is 5.56 Å². The van der Waals surface area contributed by atoms with E-state index >= 15 is 0 Å². The van der Waals surface area contributed by atoms with Crippen molar-refractivity contribution in [2.45, 2.75) is 0 Å². The number of hydrogen-bond donors (Lipinski definition) is 0. The fourth-order valence-electron chi connectivity index (χ4n) is 1.22. The fraction of sp³-hybridized carbons (Fsp3) is 0.0909. The minimum atomic E-state index is 0.539. The van der Waals surface area contributed by atoms with Crippen molar-refractivity contribution in [1.82, 2.24) is 0 Å². The maximum atomic E-state index is 5.60. The fourth-order valence-corrected chi connectivity index (χ4v) is 1.36. The van der Waals surface area contributed by atoms with E-state index in [4.69, 9.17) is 16.3 Å². The zero-order chi connectivity index (χ0) is 9.10. The summed E-state index contributed by atoms with van der Waals surface area (Å²) in [4.78, 5) is 0. The predicted molar refractivity (Wildman–Crippen MR) is 54.9 cm³/mol. The normalized spacial score (nSPS) is 17.8. The maximum Gasteiger partial charge on any atom is 0.127 e. The van der Waals surface area contributed by atoms with Gasteiger partial charge >= 0.3 is 0 Å². The summed E-state index contributed by atoms with van der Waals surface area (Å²) < 4.78 is 5.54. The lowest BCUT2D eigenvalue weighted by atomic mass is 10.2. The number of rotatable bonds is 0. The lowest BCUT2D eigenvalue weighted by Crippen LogP contribution is -1.97. The van der Waals surface area contributed by atoms with Gasteiger partial charge < -0.3 is 4.74 Å². The van der Waals surface area contributed by atoms with Crippen molar-refractivity contribution in [3.63, 3.8) is 0 Å². The van der Waals surface area contributed by atoms with E-state index in [0.717, 1.165) is 16.9 Å². The minimum Gasteiger partial charge on any atom is -0.488 e. The third-order valence-corrected chi connectivity index (χ3v) is 2.21. The molecule has 0 aromatic heterocycles. The average molecular weight is 193 g/mol. The number of hydrogen-bond acceptors (Lipinski definition) is 1. The Kier molecular flexibility index (Phi) is 2.37. The second-order valence-corrected chi connectivity index (χ2v) is 3.06. The van der Waals surface area contributed by atoms with Crippen LogP contribution in [-0.2, 0) is 0 Å². The van der Waals surface area contributed by atoms with Crippen LogP contribution in [0.4, 0.5) is 0 Å². The molecule has 0 aliphatic carbocycles. The number of ether oxygens (including phenoxy) is 1. The Labute approximate surface area is 82.3 Å². The Morgan fingerprint density at radius 1 is 1.23 bits per heavy atom. The van der Waals surface area contributed by atoms with Gasteiger partial charge in [0, 0.05) is 16.7 Å². The molecule has 0 saturated heterocycles. The summed E-state index contributed by atoms with van der Waals surface area (Å²) in [6.45, 7) is 0.539. The lowest BCUT2D eigenvalue weighted by molar-refractivity contribution is 0.357. The van der Waals surface area contributed by atoms with Gasteiger partial charge in [-0.2, -0.15) is 0 Å². The van der Waals surface area contributed by atoms with Crippen LogP contribution in [0.3, 0.4) is 0 Å².